The van der Waals surface area contributed by atoms with Crippen molar-refractivity contribution in [2.75, 3.05) is 27.4 Å². The van der Waals surface area contributed by atoms with Crippen LogP contribution in [0, 0.1) is 0 Å². The van der Waals surface area contributed by atoms with Crippen molar-refractivity contribution in [2.45, 2.75) is 13.5 Å². The average molecular weight is 253 g/mol. The van der Waals surface area contributed by atoms with Gasteiger partial charge in [0.05, 0.1) is 27.4 Å². The van der Waals surface area contributed by atoms with Gasteiger partial charge in [-0.25, -0.2) is 0 Å². The normalized spacial score (nSPS) is 9.94. The van der Waals surface area contributed by atoms with Crippen molar-refractivity contribution in [3.8, 4) is 11.5 Å². The number of hydrogen-bond acceptors (Lipinski definition) is 5. The Kier molecular flexibility index (Phi) is 6.00. The van der Waals surface area contributed by atoms with Gasteiger partial charge >= 0.3 is 5.97 Å². The lowest BCUT2D eigenvalue weighted by atomic mass is 10.2. The summed E-state index contributed by atoms with van der Waals surface area (Å²) in [6, 6.07) is 5.53. The van der Waals surface area contributed by atoms with Crippen LogP contribution in [-0.4, -0.2) is 33.3 Å². The first-order chi connectivity index (χ1) is 8.71. The van der Waals surface area contributed by atoms with Crippen LogP contribution in [0.1, 0.15) is 12.5 Å². The lowest BCUT2D eigenvalue weighted by Crippen LogP contribution is -2.24. The highest BCUT2D eigenvalue weighted by Gasteiger charge is 2.06. The third-order valence-electron chi connectivity index (χ3n) is 2.38. The largest absolute Gasteiger partial charge is 0.497 e. The molecule has 0 bridgehead atoms. The van der Waals surface area contributed by atoms with Crippen LogP contribution in [0.3, 0.4) is 0 Å². The number of nitrogens with one attached hydrogen (secondary N) is 1. The van der Waals surface area contributed by atoms with Gasteiger partial charge in [0.25, 0.3) is 0 Å². The summed E-state index contributed by atoms with van der Waals surface area (Å²) < 4.78 is 15.2. The number of carbonyl (C=O) groups is 1. The number of carbonyl (C=O) groups excluding carboxylic acids is 1. The smallest absolute Gasteiger partial charge is 0.319 e. The Labute approximate surface area is 107 Å². The summed E-state index contributed by atoms with van der Waals surface area (Å²) in [6.45, 7) is 2.86. The lowest BCUT2D eigenvalue weighted by molar-refractivity contribution is -0.142. The molecule has 1 aromatic rings. The van der Waals surface area contributed by atoms with Gasteiger partial charge in [0.1, 0.15) is 11.5 Å². The third kappa shape index (κ3) is 4.25. The second-order valence-corrected chi connectivity index (χ2v) is 3.59. The van der Waals surface area contributed by atoms with Crippen LogP contribution in [0.5, 0.6) is 11.5 Å². The molecular formula is C13H19NO4. The zero-order valence-electron chi connectivity index (χ0n) is 11.0. The first-order valence-electron chi connectivity index (χ1n) is 5.78. The molecule has 0 aliphatic rings. The van der Waals surface area contributed by atoms with Crippen LogP contribution in [0.4, 0.5) is 0 Å². The highest BCUT2D eigenvalue weighted by molar-refractivity contribution is 5.71. The summed E-state index contributed by atoms with van der Waals surface area (Å²) in [4.78, 5) is 11.2. The Morgan fingerprint density at radius 2 is 2.06 bits per heavy atom. The molecule has 5 nitrogen and oxygen atoms in total. The molecule has 5 heteroatoms. The van der Waals surface area contributed by atoms with E-state index in [1.54, 1.807) is 21.1 Å². The minimum Gasteiger partial charge on any atom is -0.497 e. The van der Waals surface area contributed by atoms with Crippen molar-refractivity contribution in [2.24, 2.45) is 0 Å². The van der Waals surface area contributed by atoms with E-state index in [2.05, 4.69) is 5.32 Å². The monoisotopic (exact) mass is 253 g/mol. The Balaban J connectivity index is 2.57. The van der Waals surface area contributed by atoms with Gasteiger partial charge < -0.3 is 19.5 Å². The highest BCUT2D eigenvalue weighted by Crippen LogP contribution is 2.23. The maximum atomic E-state index is 11.2. The minimum atomic E-state index is -0.264. The average Bonchev–Trinajstić information content (AvgIpc) is 2.39. The van der Waals surface area contributed by atoms with Crippen molar-refractivity contribution in [1.82, 2.24) is 5.32 Å². The Morgan fingerprint density at radius 3 is 2.67 bits per heavy atom. The predicted octanol–water partition coefficient (Wildman–Crippen LogP) is 1.36. The predicted molar refractivity (Wildman–Crippen MR) is 67.9 cm³/mol. The zero-order valence-corrected chi connectivity index (χ0v) is 11.0. The van der Waals surface area contributed by atoms with Crippen molar-refractivity contribution in [3.05, 3.63) is 23.8 Å². The maximum absolute atomic E-state index is 11.2. The Hall–Kier alpha value is -1.75. The molecule has 0 spiro atoms. The fraction of sp³-hybridized carbons (Fsp3) is 0.462. The summed E-state index contributed by atoms with van der Waals surface area (Å²) in [5, 5.41) is 3.00. The van der Waals surface area contributed by atoms with E-state index in [1.807, 2.05) is 18.2 Å². The van der Waals surface area contributed by atoms with E-state index in [-0.39, 0.29) is 12.5 Å². The molecule has 0 radical (unpaired) electrons. The molecule has 1 N–H and O–H groups in total. The number of hydrogen-bond donors (Lipinski definition) is 1. The van der Waals surface area contributed by atoms with Gasteiger partial charge in [0.2, 0.25) is 0 Å². The van der Waals surface area contributed by atoms with Crippen molar-refractivity contribution < 1.29 is 19.0 Å². The van der Waals surface area contributed by atoms with E-state index in [0.29, 0.717) is 13.2 Å². The Morgan fingerprint density at radius 1 is 1.28 bits per heavy atom. The number of methoxy groups -OCH3 is 2. The second-order valence-electron chi connectivity index (χ2n) is 3.59. The molecular weight excluding hydrogens is 234 g/mol. The summed E-state index contributed by atoms with van der Waals surface area (Å²) in [6.07, 6.45) is 0. The van der Waals surface area contributed by atoms with Crippen molar-refractivity contribution >= 4 is 5.97 Å². The molecule has 0 fully saturated rings. The molecule has 0 saturated heterocycles. The van der Waals surface area contributed by atoms with Crippen LogP contribution >= 0.6 is 0 Å². The first kappa shape index (κ1) is 14.3. The van der Waals surface area contributed by atoms with Crippen LogP contribution in [0.15, 0.2) is 18.2 Å². The van der Waals surface area contributed by atoms with Crippen molar-refractivity contribution in [3.63, 3.8) is 0 Å². The topological polar surface area (TPSA) is 56.8 Å². The highest BCUT2D eigenvalue weighted by atomic mass is 16.5. The second kappa shape index (κ2) is 7.55. The number of ether oxygens (including phenoxy) is 3. The molecule has 0 heterocycles. The van der Waals surface area contributed by atoms with Crippen LogP contribution < -0.4 is 14.8 Å². The van der Waals surface area contributed by atoms with Gasteiger partial charge in [-0.2, -0.15) is 0 Å². The van der Waals surface area contributed by atoms with E-state index in [9.17, 15) is 4.79 Å². The Bertz CT molecular complexity index is 393. The molecule has 0 aliphatic heterocycles. The third-order valence-corrected chi connectivity index (χ3v) is 2.38. The van der Waals surface area contributed by atoms with Gasteiger partial charge in [-0.05, 0) is 25.1 Å². The standard InChI is InChI=1S/C13H19NO4/c1-4-18-13(15)9-14-8-10-7-11(16-2)5-6-12(10)17-3/h5-7,14H,4,8-9H2,1-3H3. The van der Waals surface area contributed by atoms with E-state index >= 15 is 0 Å². The summed E-state index contributed by atoms with van der Waals surface area (Å²) in [5.74, 6) is 1.25. The summed E-state index contributed by atoms with van der Waals surface area (Å²) in [5.41, 5.74) is 0.932. The van der Waals surface area contributed by atoms with Gasteiger partial charge in [-0.3, -0.25) is 4.79 Å². The van der Waals surface area contributed by atoms with E-state index in [4.69, 9.17) is 14.2 Å². The molecule has 0 unspecified atom stereocenters. The molecule has 1 aromatic carbocycles. The van der Waals surface area contributed by atoms with Crippen LogP contribution in [0.25, 0.3) is 0 Å². The van der Waals surface area contributed by atoms with Crippen LogP contribution in [-0.2, 0) is 16.1 Å². The molecule has 100 valence electrons. The molecule has 0 atom stereocenters. The molecule has 18 heavy (non-hydrogen) atoms. The molecule has 0 amide bonds. The lowest BCUT2D eigenvalue weighted by Gasteiger charge is -2.11. The summed E-state index contributed by atoms with van der Waals surface area (Å²) >= 11 is 0. The minimum absolute atomic E-state index is 0.175. The van der Waals surface area contributed by atoms with Gasteiger partial charge in [-0.1, -0.05) is 0 Å². The van der Waals surface area contributed by atoms with Crippen LogP contribution in [0.2, 0.25) is 0 Å². The fourth-order valence-corrected chi connectivity index (χ4v) is 1.53. The number of esters is 1. The number of rotatable bonds is 7. The fourth-order valence-electron chi connectivity index (χ4n) is 1.53. The zero-order chi connectivity index (χ0) is 13.4. The van der Waals surface area contributed by atoms with E-state index < -0.39 is 0 Å². The van der Waals surface area contributed by atoms with E-state index in [0.717, 1.165) is 17.1 Å². The first-order valence-corrected chi connectivity index (χ1v) is 5.78. The van der Waals surface area contributed by atoms with Gasteiger partial charge in [0.15, 0.2) is 0 Å². The maximum Gasteiger partial charge on any atom is 0.319 e. The SMILES string of the molecule is CCOC(=O)CNCc1cc(OC)ccc1OC. The quantitative estimate of drug-likeness (QED) is 0.743. The van der Waals surface area contributed by atoms with Crippen molar-refractivity contribution in [1.29, 1.82) is 0 Å². The van der Waals surface area contributed by atoms with Gasteiger partial charge in [0, 0.05) is 12.1 Å². The molecule has 0 aliphatic carbocycles. The van der Waals surface area contributed by atoms with Gasteiger partial charge in [-0.15, -0.1) is 0 Å². The summed E-state index contributed by atoms with van der Waals surface area (Å²) in [7, 11) is 3.22. The molecule has 0 saturated carbocycles. The number of benzene rings is 1. The molecule has 0 aromatic heterocycles. The van der Waals surface area contributed by atoms with E-state index in [1.165, 1.54) is 0 Å². The molecule has 1 rings (SSSR count).